The summed E-state index contributed by atoms with van der Waals surface area (Å²) in [6.45, 7) is 0. The van der Waals surface area contributed by atoms with Crippen molar-refractivity contribution in [3.8, 4) is 0 Å². The zero-order valence-corrected chi connectivity index (χ0v) is 15.9. The lowest BCUT2D eigenvalue weighted by Crippen LogP contribution is -1.82. The van der Waals surface area contributed by atoms with Crippen LogP contribution in [-0.2, 0) is 9.59 Å². The molecule has 0 aromatic carbocycles. The highest BCUT2D eigenvalue weighted by molar-refractivity contribution is 5.49. The Morgan fingerprint density at radius 2 is 0.583 bits per heavy atom. The zero-order valence-electron chi connectivity index (χ0n) is 15.9. The molecule has 0 radical (unpaired) electrons. The van der Waals surface area contributed by atoms with Crippen LogP contribution in [0.5, 0.6) is 0 Å². The SMILES string of the molecule is O=CCCCCCCCCC/C=C\CCCCCCCCCC=O. The van der Waals surface area contributed by atoms with Gasteiger partial charge >= 0.3 is 0 Å². The molecule has 0 saturated heterocycles. The predicted molar refractivity (Wildman–Crippen MR) is 104 cm³/mol. The minimum atomic E-state index is 0.742. The molecule has 0 heterocycles. The molecule has 0 amide bonds. The van der Waals surface area contributed by atoms with Crippen LogP contribution in [0.25, 0.3) is 0 Å². The first-order valence-corrected chi connectivity index (χ1v) is 10.4. The molecule has 0 saturated carbocycles. The first-order chi connectivity index (χ1) is 11.9. The second-order valence-electron chi connectivity index (χ2n) is 6.91. The smallest absolute Gasteiger partial charge is 0.119 e. The lowest BCUT2D eigenvalue weighted by molar-refractivity contribution is -0.108. The van der Waals surface area contributed by atoms with Crippen LogP contribution in [0.1, 0.15) is 116 Å². The second-order valence-corrected chi connectivity index (χ2v) is 6.91. The maximum atomic E-state index is 10.2. The van der Waals surface area contributed by atoms with E-state index in [1.54, 1.807) is 0 Å². The molecule has 0 rings (SSSR count). The van der Waals surface area contributed by atoms with Gasteiger partial charge in [0.05, 0.1) is 0 Å². The van der Waals surface area contributed by atoms with Gasteiger partial charge in [-0.05, 0) is 38.5 Å². The topological polar surface area (TPSA) is 34.1 Å². The van der Waals surface area contributed by atoms with E-state index in [1.807, 2.05) is 0 Å². The number of allylic oxidation sites excluding steroid dienone is 2. The molecule has 0 aliphatic carbocycles. The molecule has 0 N–H and O–H groups in total. The van der Waals surface area contributed by atoms with Crippen molar-refractivity contribution < 1.29 is 9.59 Å². The van der Waals surface area contributed by atoms with Gasteiger partial charge in [-0.3, -0.25) is 0 Å². The fourth-order valence-corrected chi connectivity index (χ4v) is 2.98. The van der Waals surface area contributed by atoms with Crippen molar-refractivity contribution in [2.24, 2.45) is 0 Å². The molecule has 0 atom stereocenters. The number of unbranched alkanes of at least 4 members (excludes halogenated alkanes) is 16. The summed E-state index contributed by atoms with van der Waals surface area (Å²) in [7, 11) is 0. The maximum Gasteiger partial charge on any atom is 0.119 e. The van der Waals surface area contributed by atoms with Crippen LogP contribution in [0.3, 0.4) is 0 Å². The van der Waals surface area contributed by atoms with Crippen molar-refractivity contribution in [2.75, 3.05) is 0 Å². The highest BCUT2D eigenvalue weighted by Crippen LogP contribution is 2.11. The van der Waals surface area contributed by atoms with E-state index >= 15 is 0 Å². The first-order valence-electron chi connectivity index (χ1n) is 10.4. The number of aldehydes is 2. The predicted octanol–water partition coefficient (Wildman–Crippen LogP) is 6.96. The Bertz CT molecular complexity index is 256. The van der Waals surface area contributed by atoms with E-state index in [1.165, 1.54) is 89.9 Å². The Morgan fingerprint density at radius 3 is 0.875 bits per heavy atom. The summed E-state index contributed by atoms with van der Waals surface area (Å²) in [4.78, 5) is 20.4. The minimum absolute atomic E-state index is 0.742. The Kier molecular flexibility index (Phi) is 21.2. The van der Waals surface area contributed by atoms with Gasteiger partial charge in [-0.2, -0.15) is 0 Å². The molecule has 0 spiro atoms. The summed E-state index contributed by atoms with van der Waals surface area (Å²) < 4.78 is 0. The molecule has 0 aliphatic heterocycles. The maximum absolute atomic E-state index is 10.2. The summed E-state index contributed by atoms with van der Waals surface area (Å²) in [5.74, 6) is 0. The number of hydrogen-bond acceptors (Lipinski definition) is 2. The third-order valence-electron chi connectivity index (χ3n) is 4.55. The van der Waals surface area contributed by atoms with E-state index in [4.69, 9.17) is 0 Å². The number of carbonyl (C=O) groups excluding carboxylic acids is 2. The van der Waals surface area contributed by atoms with E-state index in [-0.39, 0.29) is 0 Å². The van der Waals surface area contributed by atoms with Crippen LogP contribution in [0.4, 0.5) is 0 Å². The Balaban J connectivity index is 3.06. The molecule has 2 heteroatoms. The monoisotopic (exact) mass is 336 g/mol. The van der Waals surface area contributed by atoms with Crippen LogP contribution < -0.4 is 0 Å². The number of rotatable bonds is 20. The quantitative estimate of drug-likeness (QED) is 0.137. The minimum Gasteiger partial charge on any atom is -0.303 e. The van der Waals surface area contributed by atoms with Gasteiger partial charge in [0, 0.05) is 12.8 Å². The van der Waals surface area contributed by atoms with Crippen molar-refractivity contribution in [3.05, 3.63) is 12.2 Å². The van der Waals surface area contributed by atoms with Crippen molar-refractivity contribution >= 4 is 12.6 Å². The molecule has 24 heavy (non-hydrogen) atoms. The van der Waals surface area contributed by atoms with E-state index in [2.05, 4.69) is 12.2 Å². The Morgan fingerprint density at radius 1 is 0.333 bits per heavy atom. The van der Waals surface area contributed by atoms with Crippen molar-refractivity contribution in [1.29, 1.82) is 0 Å². The third-order valence-corrected chi connectivity index (χ3v) is 4.55. The second kappa shape index (κ2) is 22.1. The summed E-state index contributed by atoms with van der Waals surface area (Å²) in [5.41, 5.74) is 0. The molecule has 0 aromatic heterocycles. The molecular weight excluding hydrogens is 296 g/mol. The molecule has 0 fully saturated rings. The number of carbonyl (C=O) groups is 2. The lowest BCUT2D eigenvalue weighted by Gasteiger charge is -2.00. The average molecular weight is 337 g/mol. The normalized spacial score (nSPS) is 11.2. The fraction of sp³-hybridized carbons (Fsp3) is 0.818. The summed E-state index contributed by atoms with van der Waals surface area (Å²) >= 11 is 0. The molecule has 2 nitrogen and oxygen atoms in total. The van der Waals surface area contributed by atoms with E-state index in [0.717, 1.165) is 38.3 Å². The van der Waals surface area contributed by atoms with Crippen molar-refractivity contribution in [2.45, 2.75) is 116 Å². The zero-order chi connectivity index (χ0) is 17.6. The summed E-state index contributed by atoms with van der Waals surface area (Å²) in [6, 6.07) is 0. The lowest BCUT2D eigenvalue weighted by atomic mass is 10.1. The van der Waals surface area contributed by atoms with Crippen LogP contribution in [0.15, 0.2) is 12.2 Å². The van der Waals surface area contributed by atoms with Gasteiger partial charge in [-0.1, -0.05) is 76.4 Å². The van der Waals surface area contributed by atoms with E-state index in [9.17, 15) is 9.59 Å². The van der Waals surface area contributed by atoms with Crippen LogP contribution >= 0.6 is 0 Å². The van der Waals surface area contributed by atoms with Gasteiger partial charge in [-0.15, -0.1) is 0 Å². The van der Waals surface area contributed by atoms with Crippen LogP contribution in [0, 0.1) is 0 Å². The number of hydrogen-bond donors (Lipinski definition) is 0. The Labute approximate surface area is 150 Å². The van der Waals surface area contributed by atoms with Gasteiger partial charge in [0.1, 0.15) is 12.6 Å². The van der Waals surface area contributed by atoms with Gasteiger partial charge < -0.3 is 9.59 Å². The molecular formula is C22H40O2. The first kappa shape index (κ1) is 23.1. The van der Waals surface area contributed by atoms with Gasteiger partial charge in [-0.25, -0.2) is 0 Å². The Hall–Kier alpha value is -0.920. The molecule has 0 aliphatic rings. The van der Waals surface area contributed by atoms with E-state index in [0.29, 0.717) is 0 Å². The van der Waals surface area contributed by atoms with Crippen molar-refractivity contribution in [3.63, 3.8) is 0 Å². The standard InChI is InChI=1S/C22H40O2/c23-21-19-17-15-13-11-9-7-5-3-1-2-4-6-8-10-12-14-16-18-20-22-24/h1-2,21-22H,3-20H2/b2-1-. The van der Waals surface area contributed by atoms with Crippen LogP contribution in [0.2, 0.25) is 0 Å². The molecule has 140 valence electrons. The highest BCUT2D eigenvalue weighted by atomic mass is 16.1. The van der Waals surface area contributed by atoms with Gasteiger partial charge in [0.25, 0.3) is 0 Å². The average Bonchev–Trinajstić information content (AvgIpc) is 2.60. The highest BCUT2D eigenvalue weighted by Gasteiger charge is 1.92. The fourth-order valence-electron chi connectivity index (χ4n) is 2.98. The van der Waals surface area contributed by atoms with Crippen molar-refractivity contribution in [1.82, 2.24) is 0 Å². The van der Waals surface area contributed by atoms with Gasteiger partial charge in [0.2, 0.25) is 0 Å². The van der Waals surface area contributed by atoms with E-state index < -0.39 is 0 Å². The largest absolute Gasteiger partial charge is 0.303 e. The summed E-state index contributed by atoms with van der Waals surface area (Å²) in [5, 5.41) is 0. The third kappa shape index (κ3) is 21.1. The molecule has 0 aromatic rings. The van der Waals surface area contributed by atoms with Crippen LogP contribution in [-0.4, -0.2) is 12.6 Å². The molecule has 0 bridgehead atoms. The van der Waals surface area contributed by atoms with Gasteiger partial charge in [0.15, 0.2) is 0 Å². The molecule has 0 unspecified atom stereocenters. The summed E-state index contributed by atoms with van der Waals surface area (Å²) in [6.07, 6.45) is 28.6.